The third-order valence-electron chi connectivity index (χ3n) is 14.1. The van der Waals surface area contributed by atoms with E-state index in [-0.39, 0.29) is 29.9 Å². The SMILES string of the molecule is CC[C@H]1OC(=O)[C@H](C)C(=O)[C@H](C)[C@@H](O[C@@H]2O[C@H](C)C[C@H](N(C)CCc3cn(CCc4ccc(S(C)(=O)=O)cc4)nn3)[C@H]2O)[C@](C)(OC)C[C@@H](C)C(=NO[C@@H]2CCCNC2)[C@H](C)[C@@H](O)[C@]1(C)O. The smallest absolute Gasteiger partial charge is 0.316 e. The van der Waals surface area contributed by atoms with Crippen LogP contribution in [0.5, 0.6) is 0 Å². The summed E-state index contributed by atoms with van der Waals surface area (Å²) in [5, 5.41) is 52.4. The van der Waals surface area contributed by atoms with Gasteiger partial charge in [0.15, 0.2) is 21.9 Å². The molecule has 3 aliphatic heterocycles. The van der Waals surface area contributed by atoms with Gasteiger partial charge in [0.25, 0.3) is 0 Å². The number of sulfone groups is 1. The standard InChI is InChI=1S/C47H76N6O12S/c1-12-38-47(8,58)42(56)30(4)39(50-65-35-14-13-21-48-26-35)28(2)25-46(7,61-10)43(31(5)40(54)32(6)44(57)63-38)64-45-41(55)37(24-29(3)62-45)52(9)22-20-34-27-53(51-49-34)23-19-33-15-17-36(18-16-33)66(11,59)60/h15-18,27-32,35,37-38,41-43,45,48,55-56,58H,12-14,19-26H2,1-11H3/t28-,29-,30+,31+,32-,35-,37+,38-,41-,42-,43-,45+,46-,47-/m1/s1. The topological polar surface area (TPSA) is 233 Å². The molecular weight excluding hydrogens is 873 g/mol. The summed E-state index contributed by atoms with van der Waals surface area (Å²) in [6.45, 7) is 16.2. The fourth-order valence-corrected chi connectivity index (χ4v) is 10.4. The highest BCUT2D eigenvalue weighted by Crippen LogP contribution is 2.39. The summed E-state index contributed by atoms with van der Waals surface area (Å²) in [6.07, 6.45) is 0.199. The Hall–Kier alpha value is -3.40. The first-order chi connectivity index (χ1) is 31.0. The number of hydrogen-bond acceptors (Lipinski definition) is 17. The van der Waals surface area contributed by atoms with Gasteiger partial charge in [-0.15, -0.1) is 5.10 Å². The van der Waals surface area contributed by atoms with Crippen LogP contribution in [0.15, 0.2) is 40.5 Å². The second kappa shape index (κ2) is 22.8. The van der Waals surface area contributed by atoms with Crippen molar-refractivity contribution in [1.29, 1.82) is 0 Å². The molecule has 372 valence electrons. The summed E-state index contributed by atoms with van der Waals surface area (Å²) in [7, 11) is 0.158. The maximum Gasteiger partial charge on any atom is 0.316 e. The molecule has 3 fully saturated rings. The molecule has 3 aliphatic rings. The van der Waals surface area contributed by atoms with Crippen molar-refractivity contribution in [2.24, 2.45) is 28.8 Å². The van der Waals surface area contributed by atoms with Crippen LogP contribution in [0.3, 0.4) is 0 Å². The number of ketones is 1. The summed E-state index contributed by atoms with van der Waals surface area (Å²) in [5.41, 5.74) is -1.00. The Bertz CT molecular complexity index is 2040. The van der Waals surface area contributed by atoms with Crippen LogP contribution < -0.4 is 5.32 Å². The number of Topliss-reactive ketones (excluding diaryl/α,β-unsaturated/α-hetero) is 1. The van der Waals surface area contributed by atoms with Gasteiger partial charge in [0.2, 0.25) is 0 Å². The molecule has 0 saturated carbocycles. The van der Waals surface area contributed by atoms with Gasteiger partial charge in [-0.1, -0.05) is 50.2 Å². The Morgan fingerprint density at radius 1 is 1.06 bits per heavy atom. The molecule has 0 spiro atoms. The molecule has 0 bridgehead atoms. The van der Waals surface area contributed by atoms with Crippen molar-refractivity contribution in [3.05, 3.63) is 41.7 Å². The van der Waals surface area contributed by atoms with Crippen LogP contribution in [0, 0.1) is 23.7 Å². The number of likely N-dealkylation sites (N-methyl/N-ethyl adjacent to an activating group) is 1. The van der Waals surface area contributed by atoms with Crippen molar-refractivity contribution >= 4 is 27.3 Å². The zero-order valence-corrected chi connectivity index (χ0v) is 41.6. The van der Waals surface area contributed by atoms with Gasteiger partial charge in [0.1, 0.15) is 29.8 Å². The van der Waals surface area contributed by atoms with Crippen molar-refractivity contribution in [3.63, 3.8) is 0 Å². The van der Waals surface area contributed by atoms with Gasteiger partial charge in [-0.25, -0.2) is 8.42 Å². The first-order valence-electron chi connectivity index (χ1n) is 23.5. The first kappa shape index (κ1) is 53.6. The molecule has 2 aromatic rings. The Morgan fingerprint density at radius 2 is 1.76 bits per heavy atom. The Kier molecular flexibility index (Phi) is 18.5. The number of nitrogens with one attached hydrogen (secondary N) is 1. The summed E-state index contributed by atoms with van der Waals surface area (Å²) < 4.78 is 50.7. The van der Waals surface area contributed by atoms with Crippen molar-refractivity contribution in [1.82, 2.24) is 25.2 Å². The summed E-state index contributed by atoms with van der Waals surface area (Å²) in [5.74, 6) is -4.85. The number of oxime groups is 1. The molecule has 14 atom stereocenters. The number of hydrogen-bond donors (Lipinski definition) is 4. The number of carbonyl (C=O) groups is 2. The number of cyclic esters (lactones) is 1. The van der Waals surface area contributed by atoms with E-state index in [2.05, 4.69) is 20.8 Å². The van der Waals surface area contributed by atoms with E-state index >= 15 is 0 Å². The summed E-state index contributed by atoms with van der Waals surface area (Å²) >= 11 is 0. The van der Waals surface area contributed by atoms with Crippen molar-refractivity contribution < 1.29 is 57.1 Å². The number of piperidine rings is 1. The Morgan fingerprint density at radius 3 is 2.38 bits per heavy atom. The van der Waals surface area contributed by atoms with Gasteiger partial charge in [-0.3, -0.25) is 14.3 Å². The maximum atomic E-state index is 14.4. The number of rotatable bonds is 14. The Balaban J connectivity index is 1.37. The fraction of sp³-hybridized carbons (Fsp3) is 0.766. The summed E-state index contributed by atoms with van der Waals surface area (Å²) in [6, 6.07) is 6.39. The molecule has 5 rings (SSSR count). The molecular formula is C47H76N6O12S. The van der Waals surface area contributed by atoms with Crippen molar-refractivity contribution in [2.45, 2.75) is 172 Å². The molecule has 0 radical (unpaired) electrons. The van der Waals surface area contributed by atoms with E-state index in [0.717, 1.165) is 30.6 Å². The van der Waals surface area contributed by atoms with E-state index in [4.69, 9.17) is 23.8 Å². The zero-order valence-electron chi connectivity index (χ0n) is 40.8. The van der Waals surface area contributed by atoms with E-state index in [0.29, 0.717) is 44.6 Å². The van der Waals surface area contributed by atoms with Crippen molar-refractivity contribution in [3.8, 4) is 0 Å². The quantitative estimate of drug-likeness (QED) is 0.121. The first-order valence-corrected chi connectivity index (χ1v) is 25.4. The zero-order chi connectivity index (χ0) is 48.7. The number of aryl methyl sites for hydroxylation is 2. The van der Waals surface area contributed by atoms with Gasteiger partial charge in [-0.2, -0.15) is 0 Å². The number of carbonyl (C=O) groups excluding carboxylic acids is 2. The van der Waals surface area contributed by atoms with Gasteiger partial charge in [-0.05, 0) is 97.5 Å². The minimum atomic E-state index is -3.27. The molecule has 0 unspecified atom stereocenters. The molecule has 4 N–H and O–H groups in total. The fourth-order valence-electron chi connectivity index (χ4n) is 9.75. The lowest BCUT2D eigenvalue weighted by atomic mass is 9.74. The van der Waals surface area contributed by atoms with Crippen LogP contribution >= 0.6 is 0 Å². The van der Waals surface area contributed by atoms with Gasteiger partial charge in [0, 0.05) is 69.4 Å². The monoisotopic (exact) mass is 949 g/mol. The van der Waals surface area contributed by atoms with E-state index in [1.165, 1.54) is 27.2 Å². The molecule has 4 heterocycles. The predicted octanol–water partition coefficient (Wildman–Crippen LogP) is 3.13. The van der Waals surface area contributed by atoms with Gasteiger partial charge in [0.05, 0.1) is 40.2 Å². The molecule has 19 heteroatoms. The highest BCUT2D eigenvalue weighted by Gasteiger charge is 2.52. The highest BCUT2D eigenvalue weighted by molar-refractivity contribution is 7.90. The number of nitrogens with zero attached hydrogens (tertiary/aromatic N) is 5. The summed E-state index contributed by atoms with van der Waals surface area (Å²) in [4.78, 5) is 36.6. The lowest BCUT2D eigenvalue weighted by molar-refractivity contribution is -0.295. The maximum absolute atomic E-state index is 14.4. The van der Waals surface area contributed by atoms with E-state index in [1.807, 2.05) is 38.9 Å². The van der Waals surface area contributed by atoms with Crippen LogP contribution in [0.2, 0.25) is 0 Å². The lowest BCUT2D eigenvalue weighted by Crippen LogP contribution is -2.60. The van der Waals surface area contributed by atoms with E-state index < -0.39 is 93.2 Å². The van der Waals surface area contributed by atoms with Crippen LogP contribution in [-0.4, -0.2) is 161 Å². The number of aliphatic hydroxyl groups excluding tert-OH is 2. The van der Waals surface area contributed by atoms with Gasteiger partial charge < -0.3 is 49.3 Å². The number of esters is 1. The second-order valence-electron chi connectivity index (χ2n) is 19.5. The van der Waals surface area contributed by atoms with Crippen molar-refractivity contribution in [2.75, 3.05) is 40.0 Å². The lowest BCUT2D eigenvalue weighted by Gasteiger charge is -2.47. The van der Waals surface area contributed by atoms with Crippen LogP contribution in [-0.2, 0) is 62.6 Å². The third-order valence-corrected chi connectivity index (χ3v) is 15.2. The van der Waals surface area contributed by atoms with E-state index in [1.54, 1.807) is 49.7 Å². The number of aromatic nitrogens is 3. The number of ether oxygens (including phenoxy) is 4. The molecule has 1 aromatic heterocycles. The molecule has 0 amide bonds. The normalized spacial score (nSPS) is 36.3. The molecule has 18 nitrogen and oxygen atoms in total. The molecule has 3 saturated heterocycles. The van der Waals surface area contributed by atoms with Crippen LogP contribution in [0.4, 0.5) is 0 Å². The molecule has 1 aromatic carbocycles. The third kappa shape index (κ3) is 13.0. The predicted molar refractivity (Wildman–Crippen MR) is 246 cm³/mol. The largest absolute Gasteiger partial charge is 0.459 e. The molecule has 0 aliphatic carbocycles. The van der Waals surface area contributed by atoms with Crippen LogP contribution in [0.25, 0.3) is 0 Å². The van der Waals surface area contributed by atoms with Crippen LogP contribution in [0.1, 0.15) is 98.8 Å². The van der Waals surface area contributed by atoms with Gasteiger partial charge >= 0.3 is 5.97 Å². The average Bonchev–Trinajstić information content (AvgIpc) is 3.75. The highest BCUT2D eigenvalue weighted by atomic mass is 32.2. The second-order valence-corrected chi connectivity index (χ2v) is 21.5. The number of aliphatic hydroxyl groups is 3. The number of benzene rings is 1. The molecule has 66 heavy (non-hydrogen) atoms. The minimum absolute atomic E-state index is 0.163. The minimum Gasteiger partial charge on any atom is -0.459 e. The van der Waals surface area contributed by atoms with E-state index in [9.17, 15) is 33.3 Å². The average molecular weight is 949 g/mol. The number of methoxy groups -OCH3 is 1. The Labute approximate surface area is 391 Å².